The number of rotatable bonds is 4. The fourth-order valence-corrected chi connectivity index (χ4v) is 2.96. The number of alkyl halides is 2. The van der Waals surface area contributed by atoms with Gasteiger partial charge in [0.15, 0.2) is 0 Å². The highest BCUT2D eigenvalue weighted by atomic mass is 35.5. The molecule has 0 spiro atoms. The summed E-state index contributed by atoms with van der Waals surface area (Å²) in [5.41, 5.74) is 0.923. The van der Waals surface area contributed by atoms with Crippen LogP contribution in [-0.4, -0.2) is 44.8 Å². The second-order valence-electron chi connectivity index (χ2n) is 4.97. The van der Waals surface area contributed by atoms with E-state index >= 15 is 0 Å². The molecule has 0 bridgehead atoms. The van der Waals surface area contributed by atoms with Gasteiger partial charge in [-0.25, -0.2) is 8.42 Å². The van der Waals surface area contributed by atoms with Crippen molar-refractivity contribution in [3.63, 3.8) is 0 Å². The standard InChI is InChI=1S/C13H18F2N2O2S.ClH/c1-10-8-16-6-7-17(10)9-11-2-4-12(5-3-11)20(18,19)13(14)15;/h2-5,10,13,16H,6-9H2,1H3;1H/t10-;/m0./s1. The lowest BCUT2D eigenvalue weighted by molar-refractivity contribution is 0.165. The zero-order chi connectivity index (χ0) is 14.8. The van der Waals surface area contributed by atoms with E-state index in [0.717, 1.165) is 25.2 Å². The Morgan fingerprint density at radius 3 is 2.48 bits per heavy atom. The smallest absolute Gasteiger partial charge is 0.314 e. The van der Waals surface area contributed by atoms with Gasteiger partial charge in [-0.1, -0.05) is 12.1 Å². The van der Waals surface area contributed by atoms with Crippen LogP contribution in [0, 0.1) is 0 Å². The van der Waals surface area contributed by atoms with Gasteiger partial charge in [0.1, 0.15) is 0 Å². The summed E-state index contributed by atoms with van der Waals surface area (Å²) < 4.78 is 47.5. The molecule has 2 rings (SSSR count). The van der Waals surface area contributed by atoms with Gasteiger partial charge in [-0.15, -0.1) is 12.4 Å². The number of hydrogen-bond acceptors (Lipinski definition) is 4. The molecule has 0 saturated carbocycles. The van der Waals surface area contributed by atoms with Crippen molar-refractivity contribution in [2.45, 2.75) is 30.2 Å². The van der Waals surface area contributed by atoms with Crippen molar-refractivity contribution in [3.8, 4) is 0 Å². The van der Waals surface area contributed by atoms with Crippen LogP contribution in [0.3, 0.4) is 0 Å². The lowest BCUT2D eigenvalue weighted by Gasteiger charge is -2.33. The number of nitrogens with one attached hydrogen (secondary N) is 1. The molecule has 1 atom stereocenters. The highest BCUT2D eigenvalue weighted by Gasteiger charge is 2.26. The predicted octanol–water partition coefficient (Wildman–Crippen LogP) is 1.90. The van der Waals surface area contributed by atoms with Gasteiger partial charge in [0.25, 0.3) is 0 Å². The Labute approximate surface area is 129 Å². The van der Waals surface area contributed by atoms with Gasteiger partial charge in [-0.3, -0.25) is 4.90 Å². The molecule has 1 heterocycles. The molecule has 1 aromatic rings. The van der Waals surface area contributed by atoms with Crippen LogP contribution in [-0.2, 0) is 16.4 Å². The normalized spacial score (nSPS) is 20.3. The Bertz CT molecular complexity index is 552. The number of benzene rings is 1. The van der Waals surface area contributed by atoms with Crippen LogP contribution in [0.15, 0.2) is 29.2 Å². The third-order valence-electron chi connectivity index (χ3n) is 3.51. The molecule has 1 aliphatic rings. The molecule has 21 heavy (non-hydrogen) atoms. The molecule has 4 nitrogen and oxygen atoms in total. The third-order valence-corrected chi connectivity index (χ3v) is 4.91. The number of piperazine rings is 1. The molecule has 0 aliphatic carbocycles. The van der Waals surface area contributed by atoms with E-state index in [1.807, 2.05) is 0 Å². The molecule has 0 unspecified atom stereocenters. The van der Waals surface area contributed by atoms with Crippen LogP contribution in [0.5, 0.6) is 0 Å². The molecule has 1 N–H and O–H groups in total. The van der Waals surface area contributed by atoms with Crippen LogP contribution in [0.1, 0.15) is 12.5 Å². The average Bonchev–Trinajstić information content (AvgIpc) is 2.42. The van der Waals surface area contributed by atoms with Crippen molar-refractivity contribution in [1.29, 1.82) is 0 Å². The molecule has 1 aromatic carbocycles. The Balaban J connectivity index is 0.00000220. The zero-order valence-corrected chi connectivity index (χ0v) is 13.3. The van der Waals surface area contributed by atoms with Crippen molar-refractivity contribution >= 4 is 22.2 Å². The van der Waals surface area contributed by atoms with E-state index in [9.17, 15) is 17.2 Å². The van der Waals surface area contributed by atoms with E-state index < -0.39 is 15.6 Å². The quantitative estimate of drug-likeness (QED) is 0.909. The van der Waals surface area contributed by atoms with Gasteiger partial charge in [-0.05, 0) is 24.6 Å². The van der Waals surface area contributed by atoms with Gasteiger partial charge in [-0.2, -0.15) is 8.78 Å². The Kier molecular flexibility index (Phi) is 6.52. The number of nitrogens with zero attached hydrogens (tertiary/aromatic N) is 1. The molecule has 1 saturated heterocycles. The van der Waals surface area contributed by atoms with E-state index in [1.165, 1.54) is 12.1 Å². The minimum atomic E-state index is -4.49. The van der Waals surface area contributed by atoms with Gasteiger partial charge >= 0.3 is 5.76 Å². The third kappa shape index (κ3) is 4.35. The van der Waals surface area contributed by atoms with Crippen LogP contribution >= 0.6 is 12.4 Å². The first-order valence-electron chi connectivity index (χ1n) is 6.47. The summed E-state index contributed by atoms with van der Waals surface area (Å²) in [6.45, 7) is 5.55. The first kappa shape index (κ1) is 18.3. The highest BCUT2D eigenvalue weighted by Crippen LogP contribution is 2.19. The number of hydrogen-bond donors (Lipinski definition) is 1. The summed E-state index contributed by atoms with van der Waals surface area (Å²) >= 11 is 0. The molecule has 1 fully saturated rings. The Morgan fingerprint density at radius 1 is 1.33 bits per heavy atom. The second-order valence-corrected chi connectivity index (χ2v) is 6.89. The molecule has 0 amide bonds. The van der Waals surface area contributed by atoms with E-state index in [1.54, 1.807) is 12.1 Å². The maximum atomic E-state index is 12.4. The maximum Gasteiger partial charge on any atom is 0.341 e. The van der Waals surface area contributed by atoms with Crippen molar-refractivity contribution in [1.82, 2.24) is 10.2 Å². The SMILES string of the molecule is C[C@H]1CNCCN1Cc1ccc(S(=O)(=O)C(F)F)cc1.Cl. The van der Waals surface area contributed by atoms with E-state index in [-0.39, 0.29) is 17.3 Å². The summed E-state index contributed by atoms with van der Waals surface area (Å²) in [6, 6.07) is 6.11. The number of sulfone groups is 1. The highest BCUT2D eigenvalue weighted by molar-refractivity contribution is 7.91. The molecule has 8 heteroatoms. The van der Waals surface area contributed by atoms with Crippen LogP contribution < -0.4 is 5.32 Å². The van der Waals surface area contributed by atoms with E-state index in [0.29, 0.717) is 12.6 Å². The fourth-order valence-electron chi connectivity index (χ4n) is 2.24. The first-order valence-corrected chi connectivity index (χ1v) is 8.01. The molecular weight excluding hydrogens is 322 g/mol. The average molecular weight is 341 g/mol. The van der Waals surface area contributed by atoms with Crippen LogP contribution in [0.25, 0.3) is 0 Å². The second kappa shape index (κ2) is 7.49. The molecule has 0 aromatic heterocycles. The van der Waals surface area contributed by atoms with E-state index in [4.69, 9.17) is 0 Å². The first-order chi connectivity index (χ1) is 9.41. The number of halogens is 3. The Morgan fingerprint density at radius 2 is 1.95 bits per heavy atom. The van der Waals surface area contributed by atoms with Gasteiger partial charge in [0.2, 0.25) is 9.84 Å². The van der Waals surface area contributed by atoms with Crippen molar-refractivity contribution in [2.24, 2.45) is 0 Å². The lowest BCUT2D eigenvalue weighted by atomic mass is 10.1. The van der Waals surface area contributed by atoms with Gasteiger partial charge in [0, 0.05) is 32.2 Å². The van der Waals surface area contributed by atoms with Crippen molar-refractivity contribution < 1.29 is 17.2 Å². The van der Waals surface area contributed by atoms with Crippen molar-refractivity contribution in [2.75, 3.05) is 19.6 Å². The summed E-state index contributed by atoms with van der Waals surface area (Å²) in [5.74, 6) is -3.37. The van der Waals surface area contributed by atoms with E-state index in [2.05, 4.69) is 17.1 Å². The lowest BCUT2D eigenvalue weighted by Crippen LogP contribution is -2.49. The monoisotopic (exact) mass is 340 g/mol. The van der Waals surface area contributed by atoms with Gasteiger partial charge < -0.3 is 5.32 Å². The molecule has 1 aliphatic heterocycles. The summed E-state index contributed by atoms with van der Waals surface area (Å²) in [5, 5.41) is 3.29. The summed E-state index contributed by atoms with van der Waals surface area (Å²) in [4.78, 5) is 1.94. The van der Waals surface area contributed by atoms with Crippen LogP contribution in [0.4, 0.5) is 8.78 Å². The fraction of sp³-hybridized carbons (Fsp3) is 0.538. The topological polar surface area (TPSA) is 49.4 Å². The summed E-state index contributed by atoms with van der Waals surface area (Å²) in [6.07, 6.45) is 0. The summed E-state index contributed by atoms with van der Waals surface area (Å²) in [7, 11) is -4.49. The predicted molar refractivity (Wildman–Crippen MR) is 79.6 cm³/mol. The molecule has 0 radical (unpaired) electrons. The zero-order valence-electron chi connectivity index (χ0n) is 11.6. The van der Waals surface area contributed by atoms with Crippen LogP contribution in [0.2, 0.25) is 0 Å². The minimum absolute atomic E-state index is 0. The largest absolute Gasteiger partial charge is 0.341 e. The Hall–Kier alpha value is -0.760. The molecule has 120 valence electrons. The minimum Gasteiger partial charge on any atom is -0.314 e. The van der Waals surface area contributed by atoms with Crippen molar-refractivity contribution in [3.05, 3.63) is 29.8 Å². The maximum absolute atomic E-state index is 12.4. The van der Waals surface area contributed by atoms with Gasteiger partial charge in [0.05, 0.1) is 4.90 Å². The molecular formula is C13H19ClF2N2O2S.